The van der Waals surface area contributed by atoms with Crippen molar-refractivity contribution in [2.45, 2.75) is 26.4 Å². The van der Waals surface area contributed by atoms with Crippen molar-refractivity contribution < 1.29 is 24.1 Å². The zero-order valence-corrected chi connectivity index (χ0v) is 10.4. The molecular formula is C13H16O5. The lowest BCUT2D eigenvalue weighted by atomic mass is 9.95. The number of aliphatic carboxylic acids is 1. The van der Waals surface area contributed by atoms with Gasteiger partial charge in [-0.15, -0.1) is 0 Å². The monoisotopic (exact) mass is 252 g/mol. The van der Waals surface area contributed by atoms with Crippen molar-refractivity contribution in [3.8, 4) is 11.5 Å². The van der Waals surface area contributed by atoms with E-state index < -0.39 is 11.9 Å². The number of carboxylic acid groups (broad SMARTS) is 1. The number of fused-ring (bicyclic) bond motifs is 1. The lowest BCUT2D eigenvalue weighted by Gasteiger charge is -2.14. The third kappa shape index (κ3) is 2.41. The zero-order valence-electron chi connectivity index (χ0n) is 10.4. The molecule has 0 fully saturated rings. The van der Waals surface area contributed by atoms with Crippen molar-refractivity contribution in [2.24, 2.45) is 0 Å². The highest BCUT2D eigenvalue weighted by Crippen LogP contribution is 2.37. The van der Waals surface area contributed by atoms with Gasteiger partial charge in [0, 0.05) is 6.61 Å². The molecule has 0 bridgehead atoms. The van der Waals surface area contributed by atoms with Crippen LogP contribution in [0.1, 0.15) is 30.9 Å². The second-order valence-electron chi connectivity index (χ2n) is 4.10. The van der Waals surface area contributed by atoms with Crippen molar-refractivity contribution in [2.75, 3.05) is 13.4 Å². The number of hydrogen-bond acceptors (Lipinski definition) is 4. The molecule has 0 radical (unpaired) electrons. The van der Waals surface area contributed by atoms with Crippen molar-refractivity contribution in [3.63, 3.8) is 0 Å². The van der Waals surface area contributed by atoms with Crippen LogP contribution in [0.4, 0.5) is 0 Å². The Kier molecular flexibility index (Phi) is 3.72. The first-order valence-electron chi connectivity index (χ1n) is 5.86. The maximum Gasteiger partial charge on any atom is 0.310 e. The van der Waals surface area contributed by atoms with Gasteiger partial charge in [-0.1, -0.05) is 0 Å². The van der Waals surface area contributed by atoms with Gasteiger partial charge >= 0.3 is 5.97 Å². The summed E-state index contributed by atoms with van der Waals surface area (Å²) in [6.45, 7) is 4.67. The Morgan fingerprint density at radius 2 is 2.11 bits per heavy atom. The fourth-order valence-electron chi connectivity index (χ4n) is 1.87. The molecule has 1 heterocycles. The second-order valence-corrected chi connectivity index (χ2v) is 4.10. The van der Waals surface area contributed by atoms with E-state index in [1.807, 2.05) is 6.92 Å². The van der Waals surface area contributed by atoms with Crippen LogP contribution in [0.25, 0.3) is 0 Å². The van der Waals surface area contributed by atoms with E-state index >= 15 is 0 Å². The minimum atomic E-state index is -0.869. The number of carboxylic acids is 1. The Labute approximate surface area is 105 Å². The van der Waals surface area contributed by atoms with Crippen LogP contribution in [0.5, 0.6) is 11.5 Å². The van der Waals surface area contributed by atoms with Crippen LogP contribution in [-0.2, 0) is 16.1 Å². The summed E-state index contributed by atoms with van der Waals surface area (Å²) in [6, 6.07) is 3.53. The number of rotatable bonds is 5. The molecule has 0 saturated carbocycles. The summed E-state index contributed by atoms with van der Waals surface area (Å²) in [6.07, 6.45) is 0. The van der Waals surface area contributed by atoms with Crippen molar-refractivity contribution in [3.05, 3.63) is 23.3 Å². The predicted molar refractivity (Wildman–Crippen MR) is 63.9 cm³/mol. The van der Waals surface area contributed by atoms with E-state index in [9.17, 15) is 4.79 Å². The van der Waals surface area contributed by atoms with E-state index in [2.05, 4.69) is 0 Å². The van der Waals surface area contributed by atoms with Crippen LogP contribution in [0.2, 0.25) is 0 Å². The van der Waals surface area contributed by atoms with Crippen LogP contribution in [0, 0.1) is 0 Å². The molecule has 5 heteroatoms. The highest BCUT2D eigenvalue weighted by molar-refractivity contribution is 5.76. The molecule has 1 aliphatic heterocycles. The molecule has 5 nitrogen and oxygen atoms in total. The van der Waals surface area contributed by atoms with Gasteiger partial charge in [0.1, 0.15) is 0 Å². The maximum absolute atomic E-state index is 11.1. The van der Waals surface area contributed by atoms with Gasteiger partial charge in [-0.2, -0.15) is 0 Å². The molecule has 1 aliphatic rings. The Morgan fingerprint density at radius 3 is 2.72 bits per heavy atom. The van der Waals surface area contributed by atoms with Gasteiger partial charge in [-0.05, 0) is 37.1 Å². The summed E-state index contributed by atoms with van der Waals surface area (Å²) in [4.78, 5) is 11.1. The van der Waals surface area contributed by atoms with E-state index in [-0.39, 0.29) is 6.79 Å². The van der Waals surface area contributed by atoms with Crippen LogP contribution in [-0.4, -0.2) is 24.5 Å². The highest BCUT2D eigenvalue weighted by atomic mass is 16.7. The van der Waals surface area contributed by atoms with E-state index in [4.69, 9.17) is 19.3 Å². The molecule has 2 rings (SSSR count). The average Bonchev–Trinajstić information content (AvgIpc) is 2.81. The normalized spacial score (nSPS) is 14.6. The largest absolute Gasteiger partial charge is 0.481 e. The third-order valence-corrected chi connectivity index (χ3v) is 2.93. The predicted octanol–water partition coefficient (Wildman–Crippen LogP) is 2.14. The summed E-state index contributed by atoms with van der Waals surface area (Å²) in [7, 11) is 0. The Bertz CT molecular complexity index is 455. The minimum absolute atomic E-state index is 0.175. The molecule has 1 unspecified atom stereocenters. The van der Waals surface area contributed by atoms with Crippen molar-refractivity contribution >= 4 is 5.97 Å². The molecule has 0 aromatic heterocycles. The Balaban J connectivity index is 2.37. The number of hydrogen-bond donors (Lipinski definition) is 1. The summed E-state index contributed by atoms with van der Waals surface area (Å²) in [5.41, 5.74) is 1.54. The molecule has 1 aromatic rings. The highest BCUT2D eigenvalue weighted by Gasteiger charge is 2.23. The first-order chi connectivity index (χ1) is 8.63. The standard InChI is InChI=1S/C13H16O5/c1-3-16-6-9-4-11-12(18-7-17-11)5-10(9)8(2)13(14)15/h4-5,8H,3,6-7H2,1-2H3,(H,14,15). The molecule has 0 saturated heterocycles. The molecule has 18 heavy (non-hydrogen) atoms. The quantitative estimate of drug-likeness (QED) is 0.869. The van der Waals surface area contributed by atoms with E-state index in [1.54, 1.807) is 19.1 Å². The topological polar surface area (TPSA) is 65.0 Å². The molecule has 0 aliphatic carbocycles. The van der Waals surface area contributed by atoms with Crippen LogP contribution in [0.3, 0.4) is 0 Å². The molecule has 0 amide bonds. The lowest BCUT2D eigenvalue weighted by molar-refractivity contribution is -0.138. The first kappa shape index (κ1) is 12.7. The molecule has 1 N–H and O–H groups in total. The van der Waals surface area contributed by atoms with E-state index in [0.29, 0.717) is 30.3 Å². The summed E-state index contributed by atoms with van der Waals surface area (Å²) in [5.74, 6) is -0.231. The number of benzene rings is 1. The van der Waals surface area contributed by atoms with Gasteiger partial charge in [0.05, 0.1) is 12.5 Å². The molecule has 0 spiro atoms. The second kappa shape index (κ2) is 5.27. The van der Waals surface area contributed by atoms with Gasteiger partial charge in [0.15, 0.2) is 11.5 Å². The fourth-order valence-corrected chi connectivity index (χ4v) is 1.87. The number of ether oxygens (including phenoxy) is 3. The lowest BCUT2D eigenvalue weighted by Crippen LogP contribution is -2.10. The maximum atomic E-state index is 11.1. The third-order valence-electron chi connectivity index (χ3n) is 2.93. The zero-order chi connectivity index (χ0) is 13.1. The summed E-state index contributed by atoms with van der Waals surface area (Å²) < 4.78 is 15.9. The van der Waals surface area contributed by atoms with Gasteiger partial charge in [-0.3, -0.25) is 4.79 Å². The minimum Gasteiger partial charge on any atom is -0.481 e. The van der Waals surface area contributed by atoms with Crippen molar-refractivity contribution in [1.82, 2.24) is 0 Å². The first-order valence-corrected chi connectivity index (χ1v) is 5.86. The van der Waals surface area contributed by atoms with E-state index in [0.717, 1.165) is 5.56 Å². The van der Waals surface area contributed by atoms with Gasteiger partial charge in [-0.25, -0.2) is 0 Å². The van der Waals surface area contributed by atoms with E-state index in [1.165, 1.54) is 0 Å². The number of carbonyl (C=O) groups is 1. The smallest absolute Gasteiger partial charge is 0.310 e. The van der Waals surface area contributed by atoms with Gasteiger partial charge in [0.25, 0.3) is 0 Å². The average molecular weight is 252 g/mol. The summed E-state index contributed by atoms with van der Waals surface area (Å²) >= 11 is 0. The van der Waals surface area contributed by atoms with Gasteiger partial charge in [0.2, 0.25) is 6.79 Å². The Morgan fingerprint density at radius 1 is 1.44 bits per heavy atom. The molecular weight excluding hydrogens is 236 g/mol. The Hall–Kier alpha value is -1.75. The molecule has 1 atom stereocenters. The molecule has 98 valence electrons. The van der Waals surface area contributed by atoms with Crippen LogP contribution < -0.4 is 9.47 Å². The van der Waals surface area contributed by atoms with Crippen LogP contribution >= 0.6 is 0 Å². The fraction of sp³-hybridized carbons (Fsp3) is 0.462. The van der Waals surface area contributed by atoms with Crippen molar-refractivity contribution in [1.29, 1.82) is 0 Å². The van der Waals surface area contributed by atoms with Crippen LogP contribution in [0.15, 0.2) is 12.1 Å². The SMILES string of the molecule is CCOCc1cc2c(cc1C(C)C(=O)O)OCO2. The summed E-state index contributed by atoms with van der Waals surface area (Å²) in [5, 5.41) is 9.12. The molecule has 1 aromatic carbocycles. The van der Waals surface area contributed by atoms with Gasteiger partial charge < -0.3 is 19.3 Å².